The van der Waals surface area contributed by atoms with Crippen LogP contribution in [0.15, 0.2) is 35.6 Å². The van der Waals surface area contributed by atoms with Crippen LogP contribution in [0, 0.1) is 0 Å². The first kappa shape index (κ1) is 10.4. The van der Waals surface area contributed by atoms with Gasteiger partial charge in [-0.3, -0.25) is 9.82 Å². The summed E-state index contributed by atoms with van der Waals surface area (Å²) in [6, 6.07) is 4.38. The van der Waals surface area contributed by atoms with E-state index in [9.17, 15) is 8.42 Å². The lowest BCUT2D eigenvalue weighted by Gasteiger charge is -2.04. The summed E-state index contributed by atoms with van der Waals surface area (Å²) in [4.78, 5) is 3.82. The second-order valence-electron chi connectivity index (χ2n) is 3.00. The minimum atomic E-state index is -3.65. The van der Waals surface area contributed by atoms with Gasteiger partial charge in [-0.05, 0) is 18.2 Å². The van der Waals surface area contributed by atoms with Crippen LogP contribution in [0.2, 0.25) is 0 Å². The number of aromatic amines is 1. The van der Waals surface area contributed by atoms with Crippen LogP contribution in [0.25, 0.3) is 0 Å². The van der Waals surface area contributed by atoms with Crippen LogP contribution in [0.3, 0.4) is 0 Å². The molecule has 16 heavy (non-hydrogen) atoms. The summed E-state index contributed by atoms with van der Waals surface area (Å²) in [5.41, 5.74) is 5.89. The number of anilines is 2. The predicted molar refractivity (Wildman–Crippen MR) is 58.0 cm³/mol. The Hall–Kier alpha value is -2.09. The van der Waals surface area contributed by atoms with Crippen LogP contribution in [0.5, 0.6) is 0 Å². The first-order valence-electron chi connectivity index (χ1n) is 4.32. The Morgan fingerprint density at radius 1 is 1.31 bits per heavy atom. The monoisotopic (exact) mass is 239 g/mol. The van der Waals surface area contributed by atoms with E-state index in [1.54, 1.807) is 6.07 Å². The Balaban J connectivity index is 2.25. The molecule has 2 aromatic heterocycles. The SMILES string of the molecule is Nc1ccc(NS(=O)(=O)c2ccn[nH]2)nc1. The molecule has 8 heteroatoms. The molecular weight excluding hydrogens is 230 g/mol. The minimum Gasteiger partial charge on any atom is -0.397 e. The summed E-state index contributed by atoms with van der Waals surface area (Å²) in [6.45, 7) is 0. The Labute approximate surface area is 91.8 Å². The summed E-state index contributed by atoms with van der Waals surface area (Å²) in [6.07, 6.45) is 2.72. The highest BCUT2D eigenvalue weighted by Gasteiger charge is 2.15. The smallest absolute Gasteiger partial charge is 0.279 e. The van der Waals surface area contributed by atoms with Crippen molar-refractivity contribution in [3.63, 3.8) is 0 Å². The van der Waals surface area contributed by atoms with Crippen molar-refractivity contribution in [2.45, 2.75) is 5.03 Å². The third-order valence-corrected chi connectivity index (χ3v) is 3.07. The molecule has 0 spiro atoms. The van der Waals surface area contributed by atoms with Gasteiger partial charge in [-0.15, -0.1) is 0 Å². The first-order chi connectivity index (χ1) is 7.58. The van der Waals surface area contributed by atoms with Gasteiger partial charge in [0.25, 0.3) is 10.0 Å². The second kappa shape index (κ2) is 3.81. The molecule has 0 radical (unpaired) electrons. The molecule has 0 unspecified atom stereocenters. The summed E-state index contributed by atoms with van der Waals surface area (Å²) in [5, 5.41) is 5.89. The number of nitrogen functional groups attached to an aromatic ring is 1. The standard InChI is InChI=1S/C8H9N5O2S/c9-6-1-2-7(10-5-6)13-16(14,15)8-3-4-11-12-8/h1-5H,9H2,(H,10,13)(H,11,12). The van der Waals surface area contributed by atoms with Gasteiger partial charge in [0.15, 0.2) is 5.03 Å². The number of hydrogen-bond donors (Lipinski definition) is 3. The lowest BCUT2D eigenvalue weighted by atomic mass is 10.4. The fraction of sp³-hybridized carbons (Fsp3) is 0. The Morgan fingerprint density at radius 3 is 2.69 bits per heavy atom. The van der Waals surface area contributed by atoms with Crippen molar-refractivity contribution in [3.05, 3.63) is 30.6 Å². The van der Waals surface area contributed by atoms with Crippen LogP contribution in [0.1, 0.15) is 0 Å². The molecular formula is C8H9N5O2S. The van der Waals surface area contributed by atoms with Crippen LogP contribution < -0.4 is 10.5 Å². The fourth-order valence-corrected chi connectivity index (χ4v) is 1.97. The van der Waals surface area contributed by atoms with Crippen molar-refractivity contribution in [1.29, 1.82) is 0 Å². The zero-order valence-electron chi connectivity index (χ0n) is 8.08. The molecule has 4 N–H and O–H groups in total. The largest absolute Gasteiger partial charge is 0.397 e. The number of rotatable bonds is 3. The number of aromatic nitrogens is 3. The number of hydrogen-bond acceptors (Lipinski definition) is 5. The maximum atomic E-state index is 11.7. The van der Waals surface area contributed by atoms with E-state index in [1.165, 1.54) is 24.5 Å². The quantitative estimate of drug-likeness (QED) is 0.707. The number of nitrogens with zero attached hydrogens (tertiary/aromatic N) is 2. The lowest BCUT2D eigenvalue weighted by molar-refractivity contribution is 0.597. The van der Waals surface area contributed by atoms with E-state index < -0.39 is 10.0 Å². The highest BCUT2D eigenvalue weighted by Crippen LogP contribution is 2.12. The third kappa shape index (κ3) is 2.11. The molecule has 2 heterocycles. The molecule has 0 fully saturated rings. The number of H-pyrrole nitrogens is 1. The van der Waals surface area contributed by atoms with Crippen molar-refractivity contribution in [1.82, 2.24) is 15.2 Å². The van der Waals surface area contributed by atoms with Crippen molar-refractivity contribution >= 4 is 21.5 Å². The van der Waals surface area contributed by atoms with Crippen LogP contribution in [-0.4, -0.2) is 23.6 Å². The molecule has 0 saturated carbocycles. The Bertz CT molecular complexity index is 561. The molecule has 2 rings (SSSR count). The molecule has 0 bridgehead atoms. The Morgan fingerprint density at radius 2 is 2.12 bits per heavy atom. The van der Waals surface area contributed by atoms with E-state index in [4.69, 9.17) is 5.73 Å². The summed E-state index contributed by atoms with van der Waals surface area (Å²) in [7, 11) is -3.65. The van der Waals surface area contributed by atoms with Gasteiger partial charge in [0.05, 0.1) is 18.1 Å². The molecule has 0 aliphatic heterocycles. The lowest BCUT2D eigenvalue weighted by Crippen LogP contribution is -2.14. The zero-order chi connectivity index (χ0) is 11.6. The maximum absolute atomic E-state index is 11.7. The van der Waals surface area contributed by atoms with Gasteiger partial charge in [0, 0.05) is 0 Å². The van der Waals surface area contributed by atoms with Gasteiger partial charge in [0.2, 0.25) is 0 Å². The molecule has 84 valence electrons. The average molecular weight is 239 g/mol. The molecule has 0 atom stereocenters. The van der Waals surface area contributed by atoms with Crippen molar-refractivity contribution in [2.24, 2.45) is 0 Å². The molecule has 0 aromatic carbocycles. The molecule has 0 amide bonds. The molecule has 2 aromatic rings. The van der Waals surface area contributed by atoms with E-state index in [1.807, 2.05) is 0 Å². The van der Waals surface area contributed by atoms with Gasteiger partial charge in [-0.2, -0.15) is 13.5 Å². The summed E-state index contributed by atoms with van der Waals surface area (Å²) < 4.78 is 25.7. The van der Waals surface area contributed by atoms with Crippen molar-refractivity contribution < 1.29 is 8.42 Å². The minimum absolute atomic E-state index is 0.0221. The fourth-order valence-electron chi connectivity index (χ4n) is 1.05. The number of pyridine rings is 1. The topological polar surface area (TPSA) is 114 Å². The van der Waals surface area contributed by atoms with Gasteiger partial charge < -0.3 is 5.73 Å². The number of nitrogens with one attached hydrogen (secondary N) is 2. The number of sulfonamides is 1. The molecule has 0 saturated heterocycles. The predicted octanol–water partition coefficient (Wildman–Crippen LogP) is 0.188. The third-order valence-electron chi connectivity index (χ3n) is 1.79. The molecule has 0 aliphatic rings. The van der Waals surface area contributed by atoms with E-state index in [-0.39, 0.29) is 10.8 Å². The average Bonchev–Trinajstić information content (AvgIpc) is 2.75. The summed E-state index contributed by atoms with van der Waals surface area (Å²) >= 11 is 0. The Kier molecular flexibility index (Phi) is 2.49. The van der Waals surface area contributed by atoms with Crippen molar-refractivity contribution in [2.75, 3.05) is 10.5 Å². The van der Waals surface area contributed by atoms with E-state index in [0.29, 0.717) is 5.69 Å². The van der Waals surface area contributed by atoms with E-state index in [2.05, 4.69) is 19.9 Å². The highest BCUT2D eigenvalue weighted by molar-refractivity contribution is 7.92. The van der Waals surface area contributed by atoms with Crippen LogP contribution in [0.4, 0.5) is 11.5 Å². The van der Waals surface area contributed by atoms with Crippen LogP contribution >= 0.6 is 0 Å². The van der Waals surface area contributed by atoms with Gasteiger partial charge >= 0.3 is 0 Å². The van der Waals surface area contributed by atoms with E-state index >= 15 is 0 Å². The second-order valence-corrected chi connectivity index (χ2v) is 4.65. The van der Waals surface area contributed by atoms with Crippen molar-refractivity contribution in [3.8, 4) is 0 Å². The first-order valence-corrected chi connectivity index (χ1v) is 5.80. The zero-order valence-corrected chi connectivity index (χ0v) is 8.90. The summed E-state index contributed by atoms with van der Waals surface area (Å²) in [5.74, 6) is 0.198. The van der Waals surface area contributed by atoms with Gasteiger partial charge in [0.1, 0.15) is 5.82 Å². The van der Waals surface area contributed by atoms with Crippen LogP contribution in [-0.2, 0) is 10.0 Å². The van der Waals surface area contributed by atoms with E-state index in [0.717, 1.165) is 0 Å². The highest BCUT2D eigenvalue weighted by atomic mass is 32.2. The van der Waals surface area contributed by atoms with Gasteiger partial charge in [-0.25, -0.2) is 4.98 Å². The molecule has 0 aliphatic carbocycles. The normalized spacial score (nSPS) is 11.2. The van der Waals surface area contributed by atoms with Gasteiger partial charge in [-0.1, -0.05) is 0 Å². The number of nitrogens with two attached hydrogens (primary N) is 1. The maximum Gasteiger partial charge on any atom is 0.279 e. The molecule has 7 nitrogen and oxygen atoms in total.